The number of hydrogen-bond donors (Lipinski definition) is 1. The monoisotopic (exact) mass is 442 g/mol. The first-order valence-corrected chi connectivity index (χ1v) is 11.0. The van der Waals surface area contributed by atoms with E-state index in [1.807, 2.05) is 30.3 Å². The SMILES string of the molecule is O=C(O)Cn1c(=O)n(CCc2ccccc2)c(=O)c2cc(CC(=O)OC3CCC3)sc21. The minimum Gasteiger partial charge on any atom is -0.480 e. The summed E-state index contributed by atoms with van der Waals surface area (Å²) in [5.41, 5.74) is -0.183. The number of fused-ring (bicyclic) bond motifs is 1. The van der Waals surface area contributed by atoms with Crippen LogP contribution < -0.4 is 11.2 Å². The molecule has 2 aromatic heterocycles. The molecule has 1 aliphatic carbocycles. The molecule has 0 amide bonds. The van der Waals surface area contributed by atoms with Crippen LogP contribution in [0.15, 0.2) is 46.0 Å². The van der Waals surface area contributed by atoms with Crippen LogP contribution in [0.1, 0.15) is 29.7 Å². The molecule has 162 valence electrons. The van der Waals surface area contributed by atoms with Crippen LogP contribution in [0.25, 0.3) is 10.2 Å². The summed E-state index contributed by atoms with van der Waals surface area (Å²) in [6.07, 6.45) is 3.18. The molecular formula is C22H22N2O6S. The molecule has 0 atom stereocenters. The van der Waals surface area contributed by atoms with E-state index in [1.165, 1.54) is 0 Å². The Morgan fingerprint density at radius 3 is 2.52 bits per heavy atom. The number of carboxylic acid groups (broad SMARTS) is 1. The summed E-state index contributed by atoms with van der Waals surface area (Å²) in [4.78, 5) is 50.4. The Hall–Kier alpha value is -3.20. The van der Waals surface area contributed by atoms with Gasteiger partial charge in [-0.15, -0.1) is 11.3 Å². The Bertz CT molecular complexity index is 1240. The second-order valence-electron chi connectivity index (χ2n) is 7.61. The number of esters is 1. The molecule has 1 fully saturated rings. The number of carboxylic acids is 1. The van der Waals surface area contributed by atoms with E-state index in [9.17, 15) is 24.3 Å². The van der Waals surface area contributed by atoms with Crippen LogP contribution in [-0.2, 0) is 40.3 Å². The third kappa shape index (κ3) is 4.61. The van der Waals surface area contributed by atoms with E-state index in [1.54, 1.807) is 6.07 Å². The lowest BCUT2D eigenvalue weighted by molar-refractivity contribution is -0.152. The molecule has 0 spiro atoms. The molecular weight excluding hydrogens is 420 g/mol. The minimum atomic E-state index is -1.18. The van der Waals surface area contributed by atoms with E-state index in [2.05, 4.69) is 0 Å². The Labute approximate surface area is 181 Å². The third-order valence-electron chi connectivity index (χ3n) is 5.38. The molecule has 8 nitrogen and oxygen atoms in total. The van der Waals surface area contributed by atoms with Crippen LogP contribution in [0.4, 0.5) is 0 Å². The first kappa shape index (κ1) is 21.0. The van der Waals surface area contributed by atoms with Gasteiger partial charge in [0.05, 0.1) is 11.8 Å². The predicted molar refractivity (Wildman–Crippen MR) is 116 cm³/mol. The van der Waals surface area contributed by atoms with Gasteiger partial charge in [0.25, 0.3) is 5.56 Å². The first-order valence-electron chi connectivity index (χ1n) is 10.1. The molecule has 0 radical (unpaired) electrons. The maximum atomic E-state index is 13.0. The largest absolute Gasteiger partial charge is 0.480 e. The van der Waals surface area contributed by atoms with E-state index in [-0.39, 0.29) is 35.3 Å². The van der Waals surface area contributed by atoms with Crippen molar-refractivity contribution < 1.29 is 19.4 Å². The number of aromatic nitrogens is 2. The second kappa shape index (κ2) is 8.89. The minimum absolute atomic E-state index is 0.0133. The lowest BCUT2D eigenvalue weighted by Crippen LogP contribution is -2.41. The third-order valence-corrected chi connectivity index (χ3v) is 6.53. The number of rotatable bonds is 8. The van der Waals surface area contributed by atoms with Crippen molar-refractivity contribution in [3.05, 3.63) is 67.7 Å². The lowest BCUT2D eigenvalue weighted by Gasteiger charge is -2.24. The first-order chi connectivity index (χ1) is 14.9. The average Bonchev–Trinajstić information content (AvgIpc) is 3.12. The molecule has 2 heterocycles. The molecule has 9 heteroatoms. The number of aryl methyl sites for hydroxylation is 1. The molecule has 4 rings (SSSR count). The number of benzene rings is 1. The van der Waals surface area contributed by atoms with Crippen molar-refractivity contribution in [1.82, 2.24) is 9.13 Å². The van der Waals surface area contributed by atoms with Gasteiger partial charge in [0.2, 0.25) is 0 Å². The second-order valence-corrected chi connectivity index (χ2v) is 8.72. The van der Waals surface area contributed by atoms with E-state index >= 15 is 0 Å². The zero-order chi connectivity index (χ0) is 22.0. The van der Waals surface area contributed by atoms with Gasteiger partial charge in [-0.2, -0.15) is 0 Å². The topological polar surface area (TPSA) is 108 Å². The van der Waals surface area contributed by atoms with Crippen molar-refractivity contribution in [3.8, 4) is 0 Å². The molecule has 1 N–H and O–H groups in total. The van der Waals surface area contributed by atoms with E-state index in [4.69, 9.17) is 4.74 Å². The van der Waals surface area contributed by atoms with Crippen LogP contribution in [0.5, 0.6) is 0 Å². The van der Waals surface area contributed by atoms with E-state index in [0.29, 0.717) is 11.3 Å². The maximum absolute atomic E-state index is 13.0. The summed E-state index contributed by atoms with van der Waals surface area (Å²) in [7, 11) is 0. The van der Waals surface area contributed by atoms with E-state index in [0.717, 1.165) is 45.3 Å². The Morgan fingerprint density at radius 2 is 1.87 bits per heavy atom. The van der Waals surface area contributed by atoms with Gasteiger partial charge in [0, 0.05) is 11.4 Å². The standard InChI is InChI=1S/C22H22N2O6S/c25-18(26)13-24-21-17(11-16(31-21)12-19(27)30-15-7-4-8-15)20(28)23(22(24)29)10-9-14-5-2-1-3-6-14/h1-3,5-6,11,15H,4,7-10,12-13H2,(H,25,26). The summed E-state index contributed by atoms with van der Waals surface area (Å²) in [5, 5.41) is 9.53. The van der Waals surface area contributed by atoms with Crippen molar-refractivity contribution in [2.75, 3.05) is 0 Å². The Kier molecular flexibility index (Phi) is 6.03. The van der Waals surface area contributed by atoms with Gasteiger partial charge in [0.1, 0.15) is 17.5 Å². The maximum Gasteiger partial charge on any atom is 0.332 e. The average molecular weight is 442 g/mol. The number of nitrogens with zero attached hydrogens (tertiary/aromatic N) is 2. The molecule has 0 saturated heterocycles. The van der Waals surface area contributed by atoms with Crippen LogP contribution in [-0.4, -0.2) is 32.3 Å². The highest BCUT2D eigenvalue weighted by atomic mass is 32.1. The van der Waals surface area contributed by atoms with Crippen molar-refractivity contribution in [2.45, 2.75) is 51.3 Å². The van der Waals surface area contributed by atoms with Gasteiger partial charge < -0.3 is 9.84 Å². The number of thiophene rings is 1. The van der Waals surface area contributed by atoms with Gasteiger partial charge in [-0.05, 0) is 37.3 Å². The van der Waals surface area contributed by atoms with Crippen LogP contribution in [0.3, 0.4) is 0 Å². The van der Waals surface area contributed by atoms with Crippen LogP contribution >= 0.6 is 11.3 Å². The molecule has 3 aromatic rings. The van der Waals surface area contributed by atoms with E-state index < -0.39 is 23.8 Å². The molecule has 1 aromatic carbocycles. The number of aliphatic carboxylic acids is 1. The number of carbonyl (C=O) groups excluding carboxylic acids is 1. The number of hydrogen-bond acceptors (Lipinski definition) is 6. The van der Waals surface area contributed by atoms with Gasteiger partial charge in [-0.25, -0.2) is 4.79 Å². The van der Waals surface area contributed by atoms with Gasteiger partial charge in [-0.3, -0.25) is 23.5 Å². The highest BCUT2D eigenvalue weighted by molar-refractivity contribution is 7.18. The summed E-state index contributed by atoms with van der Waals surface area (Å²) in [6.45, 7) is -0.431. The van der Waals surface area contributed by atoms with Crippen molar-refractivity contribution in [1.29, 1.82) is 0 Å². The fraction of sp³-hybridized carbons (Fsp3) is 0.364. The zero-order valence-corrected chi connectivity index (χ0v) is 17.6. The highest BCUT2D eigenvalue weighted by Crippen LogP contribution is 2.25. The van der Waals surface area contributed by atoms with Crippen LogP contribution in [0, 0.1) is 0 Å². The smallest absolute Gasteiger partial charge is 0.332 e. The fourth-order valence-electron chi connectivity index (χ4n) is 3.55. The van der Waals surface area contributed by atoms with Crippen molar-refractivity contribution >= 4 is 33.5 Å². The van der Waals surface area contributed by atoms with Crippen molar-refractivity contribution in [3.63, 3.8) is 0 Å². The Morgan fingerprint density at radius 1 is 1.13 bits per heavy atom. The zero-order valence-electron chi connectivity index (χ0n) is 16.8. The highest BCUT2D eigenvalue weighted by Gasteiger charge is 2.23. The Balaban J connectivity index is 1.68. The summed E-state index contributed by atoms with van der Waals surface area (Å²) in [5.74, 6) is -1.57. The van der Waals surface area contributed by atoms with Crippen LogP contribution in [0.2, 0.25) is 0 Å². The summed E-state index contributed by atoms with van der Waals surface area (Å²) < 4.78 is 7.53. The van der Waals surface area contributed by atoms with Gasteiger partial charge in [-0.1, -0.05) is 30.3 Å². The molecule has 1 saturated carbocycles. The summed E-state index contributed by atoms with van der Waals surface area (Å²) in [6, 6.07) is 11.0. The van der Waals surface area contributed by atoms with Crippen molar-refractivity contribution in [2.24, 2.45) is 0 Å². The fourth-order valence-corrected chi connectivity index (χ4v) is 4.68. The van der Waals surface area contributed by atoms with Gasteiger partial charge in [0.15, 0.2) is 0 Å². The van der Waals surface area contributed by atoms with Gasteiger partial charge >= 0.3 is 17.6 Å². The summed E-state index contributed by atoms with van der Waals surface area (Å²) >= 11 is 1.08. The molecule has 0 aliphatic heterocycles. The normalized spacial score (nSPS) is 13.8. The predicted octanol–water partition coefficient (Wildman–Crippen LogP) is 2.19. The molecule has 31 heavy (non-hydrogen) atoms. The number of carbonyl (C=O) groups is 2. The molecule has 0 bridgehead atoms. The molecule has 1 aliphatic rings. The quantitative estimate of drug-likeness (QED) is 0.536. The lowest BCUT2D eigenvalue weighted by atomic mass is 9.96. The molecule has 0 unspecified atom stereocenters. The number of ether oxygens (including phenoxy) is 1.